The molecule has 0 bridgehead atoms. The van der Waals surface area contributed by atoms with Crippen molar-refractivity contribution in [3.8, 4) is 0 Å². The standard InChI is InChI=1S/C11H15FN2O/c1-11(2,12)10(15)8-5-6-9(13-7-8)14(3)4/h5-7H,1-4H3. The van der Waals surface area contributed by atoms with Crippen molar-refractivity contribution in [2.24, 2.45) is 0 Å². The Morgan fingerprint density at radius 2 is 2.00 bits per heavy atom. The zero-order valence-corrected chi connectivity index (χ0v) is 9.41. The minimum Gasteiger partial charge on any atom is -0.363 e. The third-order valence-electron chi connectivity index (χ3n) is 2.01. The van der Waals surface area contributed by atoms with Gasteiger partial charge in [-0.25, -0.2) is 9.37 Å². The largest absolute Gasteiger partial charge is 0.363 e. The van der Waals surface area contributed by atoms with E-state index in [0.29, 0.717) is 5.56 Å². The van der Waals surface area contributed by atoms with Crippen molar-refractivity contribution >= 4 is 11.6 Å². The zero-order chi connectivity index (χ0) is 11.6. The Balaban J connectivity index is 2.95. The summed E-state index contributed by atoms with van der Waals surface area (Å²) in [5, 5.41) is 0. The lowest BCUT2D eigenvalue weighted by molar-refractivity contribution is 0.0760. The van der Waals surface area contributed by atoms with Crippen molar-refractivity contribution in [3.05, 3.63) is 23.9 Å². The molecule has 0 N–H and O–H groups in total. The first-order valence-electron chi connectivity index (χ1n) is 4.69. The first kappa shape index (κ1) is 11.6. The normalized spacial score (nSPS) is 11.3. The molecule has 3 nitrogen and oxygen atoms in total. The summed E-state index contributed by atoms with van der Waals surface area (Å²) in [5.41, 5.74) is -1.55. The second-order valence-electron chi connectivity index (χ2n) is 4.10. The highest BCUT2D eigenvalue weighted by Gasteiger charge is 2.27. The van der Waals surface area contributed by atoms with Gasteiger partial charge in [0.05, 0.1) is 0 Å². The van der Waals surface area contributed by atoms with Gasteiger partial charge in [-0.05, 0) is 26.0 Å². The van der Waals surface area contributed by atoms with Crippen LogP contribution in [0.1, 0.15) is 24.2 Å². The molecule has 0 aliphatic carbocycles. The van der Waals surface area contributed by atoms with Gasteiger partial charge in [0.1, 0.15) is 5.82 Å². The molecule has 0 saturated heterocycles. The average Bonchev–Trinajstić information content (AvgIpc) is 2.15. The number of ketones is 1. The molecule has 0 saturated carbocycles. The number of Topliss-reactive ketones (excluding diaryl/α,β-unsaturated/α-hetero) is 1. The summed E-state index contributed by atoms with van der Waals surface area (Å²) in [6.45, 7) is 2.49. The minimum atomic E-state index is -1.85. The average molecular weight is 210 g/mol. The molecule has 0 unspecified atom stereocenters. The molecule has 1 heterocycles. The number of pyridine rings is 1. The number of hydrogen-bond acceptors (Lipinski definition) is 3. The van der Waals surface area contributed by atoms with Crippen LogP contribution in [-0.2, 0) is 0 Å². The number of aromatic nitrogens is 1. The van der Waals surface area contributed by atoms with Gasteiger partial charge in [-0.1, -0.05) is 0 Å². The molecule has 82 valence electrons. The fraction of sp³-hybridized carbons (Fsp3) is 0.455. The molecule has 0 aliphatic heterocycles. The maximum atomic E-state index is 13.3. The van der Waals surface area contributed by atoms with E-state index in [1.165, 1.54) is 20.0 Å². The molecule has 1 aromatic rings. The third-order valence-corrected chi connectivity index (χ3v) is 2.01. The Kier molecular flexibility index (Phi) is 3.07. The molecule has 1 rings (SSSR count). The predicted octanol–water partition coefficient (Wildman–Crippen LogP) is 2.08. The van der Waals surface area contributed by atoms with E-state index in [-0.39, 0.29) is 0 Å². The molecule has 1 aromatic heterocycles. The maximum absolute atomic E-state index is 13.3. The summed E-state index contributed by atoms with van der Waals surface area (Å²) in [6, 6.07) is 3.28. The summed E-state index contributed by atoms with van der Waals surface area (Å²) >= 11 is 0. The Bertz CT molecular complexity index is 352. The van der Waals surface area contributed by atoms with Crippen LogP contribution in [0, 0.1) is 0 Å². The molecular weight excluding hydrogens is 195 g/mol. The molecule has 0 aliphatic rings. The number of hydrogen-bond donors (Lipinski definition) is 0. The fourth-order valence-corrected chi connectivity index (χ4v) is 1.13. The van der Waals surface area contributed by atoms with Gasteiger partial charge in [0.2, 0.25) is 5.78 Å². The van der Waals surface area contributed by atoms with Crippen molar-refractivity contribution in [1.82, 2.24) is 4.98 Å². The number of alkyl halides is 1. The molecule has 4 heteroatoms. The van der Waals surface area contributed by atoms with Gasteiger partial charge in [0, 0.05) is 25.9 Å². The van der Waals surface area contributed by atoms with Gasteiger partial charge in [-0.3, -0.25) is 4.79 Å². The van der Waals surface area contributed by atoms with Gasteiger partial charge in [-0.15, -0.1) is 0 Å². The molecule has 0 amide bonds. The van der Waals surface area contributed by atoms with Crippen LogP contribution >= 0.6 is 0 Å². The lowest BCUT2D eigenvalue weighted by Gasteiger charge is -2.14. The summed E-state index contributed by atoms with van der Waals surface area (Å²) in [7, 11) is 3.70. The van der Waals surface area contributed by atoms with Crippen LogP contribution in [0.4, 0.5) is 10.2 Å². The highest BCUT2D eigenvalue weighted by atomic mass is 19.1. The van der Waals surface area contributed by atoms with Crippen LogP contribution < -0.4 is 4.90 Å². The summed E-state index contributed by atoms with van der Waals surface area (Å²) in [5.74, 6) is 0.198. The number of anilines is 1. The predicted molar refractivity (Wildman–Crippen MR) is 58.1 cm³/mol. The Hall–Kier alpha value is -1.45. The monoisotopic (exact) mass is 210 g/mol. The van der Waals surface area contributed by atoms with E-state index in [0.717, 1.165) is 5.82 Å². The molecular formula is C11H15FN2O. The van der Waals surface area contributed by atoms with Crippen molar-refractivity contribution in [3.63, 3.8) is 0 Å². The lowest BCUT2D eigenvalue weighted by Crippen LogP contribution is -2.26. The molecule has 0 spiro atoms. The van der Waals surface area contributed by atoms with Crippen LogP contribution in [-0.4, -0.2) is 30.5 Å². The van der Waals surface area contributed by atoms with Gasteiger partial charge < -0.3 is 4.90 Å². The Morgan fingerprint density at radius 3 is 2.33 bits per heavy atom. The van der Waals surface area contributed by atoms with Crippen molar-refractivity contribution in [1.29, 1.82) is 0 Å². The SMILES string of the molecule is CN(C)c1ccc(C(=O)C(C)(C)F)cn1. The highest BCUT2D eigenvalue weighted by molar-refractivity contribution is 6.01. The van der Waals surface area contributed by atoms with Crippen molar-refractivity contribution < 1.29 is 9.18 Å². The summed E-state index contributed by atoms with van der Waals surface area (Å²) < 4.78 is 13.3. The fourth-order valence-electron chi connectivity index (χ4n) is 1.13. The number of halogens is 1. The molecule has 0 aromatic carbocycles. The Labute approximate surface area is 88.9 Å². The van der Waals surface area contributed by atoms with E-state index in [2.05, 4.69) is 4.98 Å². The van der Waals surface area contributed by atoms with Crippen LogP contribution in [0.5, 0.6) is 0 Å². The topological polar surface area (TPSA) is 33.2 Å². The van der Waals surface area contributed by atoms with E-state index in [9.17, 15) is 9.18 Å². The van der Waals surface area contributed by atoms with Crippen LogP contribution in [0.25, 0.3) is 0 Å². The number of nitrogens with zero attached hydrogens (tertiary/aromatic N) is 2. The van der Waals surface area contributed by atoms with Gasteiger partial charge in [0.25, 0.3) is 0 Å². The zero-order valence-electron chi connectivity index (χ0n) is 9.41. The van der Waals surface area contributed by atoms with E-state index in [1.807, 2.05) is 19.0 Å². The second kappa shape index (κ2) is 3.96. The minimum absolute atomic E-state index is 0.299. The lowest BCUT2D eigenvalue weighted by atomic mass is 10.00. The first-order chi connectivity index (χ1) is 6.82. The van der Waals surface area contributed by atoms with Gasteiger partial charge >= 0.3 is 0 Å². The smallest absolute Gasteiger partial charge is 0.200 e. The number of carbonyl (C=O) groups is 1. The first-order valence-corrected chi connectivity index (χ1v) is 4.69. The third kappa shape index (κ3) is 2.75. The Morgan fingerprint density at radius 1 is 1.40 bits per heavy atom. The van der Waals surface area contributed by atoms with Crippen LogP contribution in [0.2, 0.25) is 0 Å². The summed E-state index contributed by atoms with van der Waals surface area (Å²) in [6.07, 6.45) is 1.40. The number of carbonyl (C=O) groups excluding carboxylic acids is 1. The van der Waals surface area contributed by atoms with Crippen molar-refractivity contribution in [2.45, 2.75) is 19.5 Å². The maximum Gasteiger partial charge on any atom is 0.200 e. The van der Waals surface area contributed by atoms with E-state index < -0.39 is 11.5 Å². The molecule has 0 atom stereocenters. The molecule has 15 heavy (non-hydrogen) atoms. The van der Waals surface area contributed by atoms with Gasteiger partial charge in [0.15, 0.2) is 5.67 Å². The van der Waals surface area contributed by atoms with Crippen LogP contribution in [0.15, 0.2) is 18.3 Å². The summed E-state index contributed by atoms with van der Waals surface area (Å²) in [4.78, 5) is 17.4. The quantitative estimate of drug-likeness (QED) is 0.716. The van der Waals surface area contributed by atoms with E-state index in [1.54, 1.807) is 12.1 Å². The highest BCUT2D eigenvalue weighted by Crippen LogP contribution is 2.17. The van der Waals surface area contributed by atoms with Gasteiger partial charge in [-0.2, -0.15) is 0 Å². The van der Waals surface area contributed by atoms with Crippen molar-refractivity contribution in [2.75, 3.05) is 19.0 Å². The second-order valence-corrected chi connectivity index (χ2v) is 4.10. The molecule has 0 radical (unpaired) electrons. The number of rotatable bonds is 3. The van der Waals surface area contributed by atoms with E-state index >= 15 is 0 Å². The van der Waals surface area contributed by atoms with E-state index in [4.69, 9.17) is 0 Å². The molecule has 0 fully saturated rings. The van der Waals surface area contributed by atoms with Crippen LogP contribution in [0.3, 0.4) is 0 Å².